The lowest BCUT2D eigenvalue weighted by atomic mass is 10.1. The summed E-state index contributed by atoms with van der Waals surface area (Å²) < 4.78 is 8.14. The fourth-order valence-electron chi connectivity index (χ4n) is 3.47. The van der Waals surface area contributed by atoms with Crippen LogP contribution in [0.3, 0.4) is 0 Å². The number of nitrogens with zero attached hydrogens (tertiary/aromatic N) is 6. The van der Waals surface area contributed by atoms with E-state index >= 15 is 0 Å². The molecule has 0 bridgehead atoms. The molecule has 8 heteroatoms. The van der Waals surface area contributed by atoms with Crippen molar-refractivity contribution in [3.8, 4) is 11.5 Å². The Bertz CT molecular complexity index is 898. The second kappa shape index (κ2) is 7.34. The summed E-state index contributed by atoms with van der Waals surface area (Å²) in [6.45, 7) is 2.17. The molecule has 1 aliphatic carbocycles. The van der Waals surface area contributed by atoms with Gasteiger partial charge in [-0.15, -0.1) is 20.4 Å². The predicted octanol–water partition coefficient (Wildman–Crippen LogP) is 3.95. The summed E-state index contributed by atoms with van der Waals surface area (Å²) in [6, 6.07) is 10.4. The van der Waals surface area contributed by atoms with Gasteiger partial charge in [-0.3, -0.25) is 4.57 Å². The zero-order chi connectivity index (χ0) is 18.1. The first-order valence-corrected chi connectivity index (χ1v) is 10.6. The number of benzene rings is 1. The van der Waals surface area contributed by atoms with Gasteiger partial charge in [-0.05, 0) is 44.2 Å². The minimum Gasteiger partial charge on any atom is -0.420 e. The molecule has 0 radical (unpaired) electrons. The molecule has 1 aromatic carbocycles. The van der Waals surface area contributed by atoms with E-state index in [4.69, 9.17) is 4.42 Å². The van der Waals surface area contributed by atoms with E-state index in [1.165, 1.54) is 32.1 Å². The van der Waals surface area contributed by atoms with Gasteiger partial charge in [0.25, 0.3) is 0 Å². The highest BCUT2D eigenvalue weighted by Gasteiger charge is 2.32. The second-order valence-corrected chi connectivity index (χ2v) is 8.03. The van der Waals surface area contributed by atoms with Crippen molar-refractivity contribution < 1.29 is 4.42 Å². The zero-order valence-electron chi connectivity index (χ0n) is 15.1. The minimum absolute atomic E-state index is 0.544. The normalized spacial score (nSPS) is 17.4. The summed E-state index contributed by atoms with van der Waals surface area (Å²) in [5, 5.41) is 18.3. The Morgan fingerprint density at radius 2 is 1.78 bits per heavy atom. The van der Waals surface area contributed by atoms with Crippen LogP contribution in [0, 0.1) is 0 Å². The molecule has 0 spiro atoms. The number of thioether (sulfide) groups is 1. The van der Waals surface area contributed by atoms with Crippen LogP contribution in [0.5, 0.6) is 0 Å². The largest absolute Gasteiger partial charge is 0.420 e. The molecule has 0 unspecified atom stereocenters. The molecule has 1 saturated carbocycles. The molecule has 2 aromatic heterocycles. The van der Waals surface area contributed by atoms with E-state index in [2.05, 4.69) is 29.9 Å². The molecule has 0 amide bonds. The molecule has 0 atom stereocenters. The number of hydrogen-bond acceptors (Lipinski definition) is 7. The highest BCUT2D eigenvalue weighted by Crippen LogP contribution is 2.41. The van der Waals surface area contributed by atoms with Crippen LogP contribution in [-0.2, 0) is 5.75 Å². The molecule has 2 aliphatic rings. The van der Waals surface area contributed by atoms with Crippen molar-refractivity contribution in [2.24, 2.45) is 0 Å². The van der Waals surface area contributed by atoms with Crippen LogP contribution < -0.4 is 4.90 Å². The van der Waals surface area contributed by atoms with E-state index in [0.717, 1.165) is 29.8 Å². The van der Waals surface area contributed by atoms with Crippen molar-refractivity contribution in [2.75, 3.05) is 18.0 Å². The molecule has 0 N–H and O–H groups in total. The molecular weight excluding hydrogens is 360 g/mol. The predicted molar refractivity (Wildman–Crippen MR) is 104 cm³/mol. The quantitative estimate of drug-likeness (QED) is 0.598. The van der Waals surface area contributed by atoms with Crippen molar-refractivity contribution in [2.45, 2.75) is 49.1 Å². The van der Waals surface area contributed by atoms with E-state index in [1.54, 1.807) is 11.8 Å². The van der Waals surface area contributed by atoms with Gasteiger partial charge in [-0.25, -0.2) is 0 Å². The fraction of sp³-hybridized carbons (Fsp3) is 0.474. The van der Waals surface area contributed by atoms with Crippen molar-refractivity contribution >= 4 is 17.7 Å². The Kier molecular flexibility index (Phi) is 4.57. The Balaban J connectivity index is 1.31. The van der Waals surface area contributed by atoms with E-state index in [9.17, 15) is 0 Å². The van der Waals surface area contributed by atoms with Gasteiger partial charge in [0.05, 0.1) is 5.75 Å². The molecule has 7 nitrogen and oxygen atoms in total. The van der Waals surface area contributed by atoms with Gasteiger partial charge in [-0.1, -0.05) is 30.0 Å². The van der Waals surface area contributed by atoms with Crippen molar-refractivity contribution in [1.82, 2.24) is 25.0 Å². The number of rotatable bonds is 6. The molecular formula is C19H22N6OS. The lowest BCUT2D eigenvalue weighted by Crippen LogP contribution is -2.31. The molecule has 5 rings (SSSR count). The zero-order valence-corrected chi connectivity index (χ0v) is 15.9. The topological polar surface area (TPSA) is 72.9 Å². The monoisotopic (exact) mass is 382 g/mol. The third kappa shape index (κ3) is 3.58. The SMILES string of the molecule is c1ccc(-c2nnc(CSc3nnc(N4CCCCC4)n3C3CC3)o2)cc1. The van der Waals surface area contributed by atoms with Crippen LogP contribution in [0.2, 0.25) is 0 Å². The van der Waals surface area contributed by atoms with Gasteiger partial charge in [0.1, 0.15) is 0 Å². The number of aromatic nitrogens is 5. The maximum Gasteiger partial charge on any atom is 0.247 e. The molecule has 1 saturated heterocycles. The average Bonchev–Trinajstić information content (AvgIpc) is 3.30. The van der Waals surface area contributed by atoms with E-state index in [1.807, 2.05) is 30.3 Å². The molecule has 27 heavy (non-hydrogen) atoms. The molecule has 3 heterocycles. The number of anilines is 1. The van der Waals surface area contributed by atoms with E-state index in [0.29, 0.717) is 23.6 Å². The highest BCUT2D eigenvalue weighted by atomic mass is 32.2. The first-order chi connectivity index (χ1) is 13.4. The first kappa shape index (κ1) is 16.8. The third-order valence-electron chi connectivity index (χ3n) is 5.01. The van der Waals surface area contributed by atoms with Crippen LogP contribution in [0.25, 0.3) is 11.5 Å². The van der Waals surface area contributed by atoms with Gasteiger partial charge in [0.15, 0.2) is 5.16 Å². The van der Waals surface area contributed by atoms with E-state index < -0.39 is 0 Å². The lowest BCUT2D eigenvalue weighted by Gasteiger charge is -2.27. The minimum atomic E-state index is 0.544. The summed E-state index contributed by atoms with van der Waals surface area (Å²) in [6.07, 6.45) is 6.22. The smallest absolute Gasteiger partial charge is 0.247 e. The Hall–Kier alpha value is -2.35. The van der Waals surface area contributed by atoms with Crippen molar-refractivity contribution in [1.29, 1.82) is 0 Å². The maximum atomic E-state index is 5.82. The van der Waals surface area contributed by atoms with Gasteiger partial charge in [-0.2, -0.15) is 0 Å². The fourth-order valence-corrected chi connectivity index (χ4v) is 4.30. The van der Waals surface area contributed by atoms with Crippen LogP contribution >= 0.6 is 11.8 Å². The molecule has 2 fully saturated rings. The summed E-state index contributed by atoms with van der Waals surface area (Å²) in [5.41, 5.74) is 0.940. The number of piperidine rings is 1. The summed E-state index contributed by atoms with van der Waals surface area (Å²) in [7, 11) is 0. The van der Waals surface area contributed by atoms with Gasteiger partial charge in [0, 0.05) is 24.7 Å². The average molecular weight is 382 g/mol. The van der Waals surface area contributed by atoms with Gasteiger partial charge in [0.2, 0.25) is 17.7 Å². The van der Waals surface area contributed by atoms with Gasteiger partial charge >= 0.3 is 0 Å². The summed E-state index contributed by atoms with van der Waals surface area (Å²) in [5.74, 6) is 2.81. The maximum absolute atomic E-state index is 5.82. The third-order valence-corrected chi connectivity index (χ3v) is 5.94. The summed E-state index contributed by atoms with van der Waals surface area (Å²) >= 11 is 1.63. The molecule has 140 valence electrons. The molecule has 3 aromatic rings. The Morgan fingerprint density at radius 1 is 0.963 bits per heavy atom. The standard InChI is InChI=1S/C19H22N6OS/c1-3-7-14(8-4-1)17-21-20-16(26-17)13-27-19-23-22-18(25(19)15-9-10-15)24-11-5-2-6-12-24/h1,3-4,7-8,15H,2,5-6,9-13H2. The number of hydrogen-bond donors (Lipinski definition) is 0. The van der Waals surface area contributed by atoms with Crippen LogP contribution in [0.15, 0.2) is 39.9 Å². The highest BCUT2D eigenvalue weighted by molar-refractivity contribution is 7.98. The Labute approximate surface area is 162 Å². The summed E-state index contributed by atoms with van der Waals surface area (Å²) in [4.78, 5) is 2.39. The second-order valence-electron chi connectivity index (χ2n) is 7.09. The van der Waals surface area contributed by atoms with Crippen LogP contribution in [-0.4, -0.2) is 38.1 Å². The first-order valence-electron chi connectivity index (χ1n) is 9.59. The van der Waals surface area contributed by atoms with Crippen molar-refractivity contribution in [3.05, 3.63) is 36.2 Å². The van der Waals surface area contributed by atoms with Crippen LogP contribution in [0.1, 0.15) is 44.0 Å². The van der Waals surface area contributed by atoms with Crippen molar-refractivity contribution in [3.63, 3.8) is 0 Å². The molecule has 1 aliphatic heterocycles. The van der Waals surface area contributed by atoms with Gasteiger partial charge < -0.3 is 9.32 Å². The van der Waals surface area contributed by atoms with Crippen LogP contribution in [0.4, 0.5) is 5.95 Å². The van der Waals surface area contributed by atoms with E-state index in [-0.39, 0.29) is 0 Å². The Morgan fingerprint density at radius 3 is 2.56 bits per heavy atom. The lowest BCUT2D eigenvalue weighted by molar-refractivity contribution is 0.527.